The number of aromatic nitrogens is 1. The lowest BCUT2D eigenvalue weighted by Crippen LogP contribution is -2.34. The molecule has 26 heavy (non-hydrogen) atoms. The summed E-state index contributed by atoms with van der Waals surface area (Å²) in [5.41, 5.74) is 2.29. The third kappa shape index (κ3) is 4.36. The van der Waals surface area contributed by atoms with Crippen LogP contribution in [-0.4, -0.2) is 36.1 Å². The minimum Gasteiger partial charge on any atom is -0.483 e. The lowest BCUT2D eigenvalue weighted by molar-refractivity contribution is -0.147. The summed E-state index contributed by atoms with van der Waals surface area (Å²) < 4.78 is 10.8. The van der Waals surface area contributed by atoms with E-state index in [1.807, 2.05) is 18.2 Å². The van der Waals surface area contributed by atoms with Crippen molar-refractivity contribution in [1.82, 2.24) is 10.3 Å². The maximum atomic E-state index is 12.0. The molecule has 0 spiro atoms. The number of esters is 1. The van der Waals surface area contributed by atoms with E-state index in [-0.39, 0.29) is 25.2 Å². The Bertz CT molecular complexity index is 775. The van der Waals surface area contributed by atoms with E-state index < -0.39 is 5.97 Å². The van der Waals surface area contributed by atoms with Gasteiger partial charge in [0, 0.05) is 17.1 Å². The normalized spacial score (nSPS) is 14.7. The average molecular weight is 358 g/mol. The molecule has 1 amide bonds. The predicted octanol–water partition coefficient (Wildman–Crippen LogP) is 3.27. The molecule has 2 aromatic rings. The van der Waals surface area contributed by atoms with Crippen LogP contribution in [0.2, 0.25) is 0 Å². The molecule has 1 aliphatic rings. The van der Waals surface area contributed by atoms with E-state index in [4.69, 9.17) is 9.47 Å². The van der Waals surface area contributed by atoms with Crippen LogP contribution in [0.15, 0.2) is 24.4 Å². The van der Waals surface area contributed by atoms with Crippen molar-refractivity contribution in [1.29, 1.82) is 0 Å². The lowest BCUT2D eigenvalue weighted by Gasteiger charge is -2.12. The van der Waals surface area contributed by atoms with Crippen LogP contribution in [0.4, 0.5) is 0 Å². The number of nitrogens with one attached hydrogen (secondary N) is 2. The van der Waals surface area contributed by atoms with Gasteiger partial charge >= 0.3 is 5.97 Å². The summed E-state index contributed by atoms with van der Waals surface area (Å²) in [6, 6.07) is 5.81. The fourth-order valence-corrected chi connectivity index (χ4v) is 3.53. The van der Waals surface area contributed by atoms with Crippen LogP contribution in [0.5, 0.6) is 5.75 Å². The number of aromatic amines is 1. The van der Waals surface area contributed by atoms with Crippen LogP contribution in [0.1, 0.15) is 51.0 Å². The minimum absolute atomic E-state index is 0.136. The molecule has 0 aliphatic heterocycles. The second-order valence-electron chi connectivity index (χ2n) is 7.01. The molecule has 1 saturated carbocycles. The molecule has 0 atom stereocenters. The topological polar surface area (TPSA) is 80.4 Å². The monoisotopic (exact) mass is 358 g/mol. The molecular formula is C20H26N2O4. The number of H-pyrrole nitrogens is 1. The molecule has 2 N–H and O–H groups in total. The summed E-state index contributed by atoms with van der Waals surface area (Å²) in [5, 5.41) is 3.58. The summed E-state index contributed by atoms with van der Waals surface area (Å²) in [7, 11) is 0. The van der Waals surface area contributed by atoms with E-state index in [1.165, 1.54) is 31.2 Å². The first-order valence-corrected chi connectivity index (χ1v) is 9.23. The number of carbonyl (C=O) groups excluding carboxylic acids is 2. The molecule has 1 aromatic heterocycles. The highest BCUT2D eigenvalue weighted by Crippen LogP contribution is 2.40. The minimum atomic E-state index is -0.454. The number of ether oxygens (including phenoxy) is 2. The van der Waals surface area contributed by atoms with Gasteiger partial charge in [-0.2, -0.15) is 0 Å². The molecule has 0 saturated heterocycles. The summed E-state index contributed by atoms with van der Waals surface area (Å²) in [4.78, 5) is 26.8. The summed E-state index contributed by atoms with van der Waals surface area (Å²) >= 11 is 0. The Hall–Kier alpha value is -2.50. The Morgan fingerprint density at radius 2 is 2.04 bits per heavy atom. The average Bonchev–Trinajstić information content (AvgIpc) is 3.26. The molecular weight excluding hydrogens is 332 g/mol. The quantitative estimate of drug-likeness (QED) is 0.745. The number of fused-ring (bicyclic) bond motifs is 1. The molecule has 0 bridgehead atoms. The maximum absolute atomic E-state index is 12.0. The largest absolute Gasteiger partial charge is 0.483 e. The van der Waals surface area contributed by atoms with Gasteiger partial charge in [-0.05, 0) is 50.3 Å². The number of benzene rings is 1. The first kappa shape index (κ1) is 18.3. The smallest absolute Gasteiger partial charge is 0.325 e. The Labute approximate surface area is 153 Å². The zero-order valence-corrected chi connectivity index (χ0v) is 15.3. The molecule has 0 radical (unpaired) electrons. The molecule has 6 heteroatoms. The molecule has 6 nitrogen and oxygen atoms in total. The number of carbonyl (C=O) groups is 2. The van der Waals surface area contributed by atoms with E-state index in [9.17, 15) is 9.59 Å². The first-order chi connectivity index (χ1) is 12.5. The maximum Gasteiger partial charge on any atom is 0.325 e. The van der Waals surface area contributed by atoms with Gasteiger partial charge in [0.2, 0.25) is 0 Å². The molecule has 0 unspecified atom stereocenters. The molecule has 1 heterocycles. The van der Waals surface area contributed by atoms with Crippen molar-refractivity contribution >= 4 is 22.8 Å². The zero-order valence-electron chi connectivity index (χ0n) is 15.3. The van der Waals surface area contributed by atoms with Gasteiger partial charge < -0.3 is 19.8 Å². The molecule has 1 fully saturated rings. The van der Waals surface area contributed by atoms with E-state index in [2.05, 4.69) is 16.5 Å². The molecule has 140 valence electrons. The van der Waals surface area contributed by atoms with Crippen LogP contribution in [-0.2, 0) is 14.3 Å². The number of amides is 1. The summed E-state index contributed by atoms with van der Waals surface area (Å²) in [6.45, 7) is 3.25. The van der Waals surface area contributed by atoms with Crippen molar-refractivity contribution in [3.05, 3.63) is 30.0 Å². The molecule has 3 rings (SSSR count). The highest BCUT2D eigenvalue weighted by molar-refractivity contribution is 5.90. The summed E-state index contributed by atoms with van der Waals surface area (Å²) in [6.07, 6.45) is 6.77. The SMILES string of the molecule is CC(C)OC(=O)CNC(=O)COc1cccc2[nH]cc(C3CCCC3)c12. The zero-order chi connectivity index (χ0) is 18.5. The van der Waals surface area contributed by atoms with Crippen molar-refractivity contribution in [2.75, 3.05) is 13.2 Å². The van der Waals surface area contributed by atoms with Gasteiger partial charge in [0.1, 0.15) is 12.3 Å². The number of hydrogen-bond donors (Lipinski definition) is 2. The highest BCUT2D eigenvalue weighted by Gasteiger charge is 2.22. The van der Waals surface area contributed by atoms with E-state index in [1.54, 1.807) is 13.8 Å². The van der Waals surface area contributed by atoms with Gasteiger partial charge in [-0.1, -0.05) is 18.9 Å². The van der Waals surface area contributed by atoms with Gasteiger partial charge in [0.15, 0.2) is 6.61 Å². The second kappa shape index (κ2) is 8.25. The Kier molecular flexibility index (Phi) is 5.81. The van der Waals surface area contributed by atoms with Crippen molar-refractivity contribution < 1.29 is 19.1 Å². The van der Waals surface area contributed by atoms with Crippen molar-refractivity contribution in [3.63, 3.8) is 0 Å². The van der Waals surface area contributed by atoms with E-state index in [0.29, 0.717) is 11.7 Å². The second-order valence-corrected chi connectivity index (χ2v) is 7.01. The van der Waals surface area contributed by atoms with Crippen LogP contribution in [0.25, 0.3) is 10.9 Å². The van der Waals surface area contributed by atoms with Gasteiger partial charge in [0.05, 0.1) is 6.10 Å². The van der Waals surface area contributed by atoms with Gasteiger partial charge in [0.25, 0.3) is 5.91 Å². The molecule has 1 aliphatic carbocycles. The van der Waals surface area contributed by atoms with Crippen molar-refractivity contribution in [2.45, 2.75) is 51.6 Å². The van der Waals surface area contributed by atoms with Crippen LogP contribution < -0.4 is 10.1 Å². The standard InChI is InChI=1S/C20H26N2O4/c1-13(2)26-19(24)11-22-18(23)12-25-17-9-5-8-16-20(17)15(10-21-16)14-6-3-4-7-14/h5,8-10,13-14,21H,3-4,6-7,11-12H2,1-2H3,(H,22,23). The lowest BCUT2D eigenvalue weighted by atomic mass is 9.97. The third-order valence-corrected chi connectivity index (χ3v) is 4.65. The van der Waals surface area contributed by atoms with Gasteiger partial charge in [-0.25, -0.2) is 0 Å². The predicted molar refractivity (Wildman–Crippen MR) is 99.2 cm³/mol. The summed E-state index contributed by atoms with van der Waals surface area (Å²) in [5.74, 6) is 0.448. The van der Waals surface area contributed by atoms with E-state index >= 15 is 0 Å². The number of hydrogen-bond acceptors (Lipinski definition) is 4. The van der Waals surface area contributed by atoms with Crippen LogP contribution in [0, 0.1) is 0 Å². The number of rotatable bonds is 7. The Morgan fingerprint density at radius 3 is 2.77 bits per heavy atom. The van der Waals surface area contributed by atoms with Gasteiger partial charge in [-0.15, -0.1) is 0 Å². The van der Waals surface area contributed by atoms with Crippen molar-refractivity contribution in [3.8, 4) is 5.75 Å². The highest BCUT2D eigenvalue weighted by atomic mass is 16.5. The fraction of sp³-hybridized carbons (Fsp3) is 0.500. The van der Waals surface area contributed by atoms with E-state index in [0.717, 1.165) is 10.9 Å². The van der Waals surface area contributed by atoms with Crippen molar-refractivity contribution in [2.24, 2.45) is 0 Å². The first-order valence-electron chi connectivity index (χ1n) is 9.23. The third-order valence-electron chi connectivity index (χ3n) is 4.65. The Morgan fingerprint density at radius 1 is 1.27 bits per heavy atom. The molecule has 1 aromatic carbocycles. The fourth-order valence-electron chi connectivity index (χ4n) is 3.53. The van der Waals surface area contributed by atoms with Gasteiger partial charge in [-0.3, -0.25) is 9.59 Å². The van der Waals surface area contributed by atoms with Crippen LogP contribution in [0.3, 0.4) is 0 Å². The van der Waals surface area contributed by atoms with Crippen LogP contribution >= 0.6 is 0 Å². The Balaban J connectivity index is 1.62.